The summed E-state index contributed by atoms with van der Waals surface area (Å²) in [5.74, 6) is -3.89. The number of ketones is 1. The summed E-state index contributed by atoms with van der Waals surface area (Å²) < 4.78 is 4.81. The molecule has 1 saturated heterocycles. The lowest BCUT2D eigenvalue weighted by atomic mass is 9.90. The van der Waals surface area contributed by atoms with E-state index in [1.165, 1.54) is 0 Å². The molecule has 0 bridgehead atoms. The van der Waals surface area contributed by atoms with Crippen molar-refractivity contribution in [3.05, 3.63) is 0 Å². The Kier molecular flexibility index (Phi) is 7.32. The Balaban J connectivity index is 2.94. The molecule has 0 aliphatic carbocycles. The molecule has 4 amide bonds. The van der Waals surface area contributed by atoms with Crippen LogP contribution in [0.3, 0.4) is 0 Å². The molecule has 0 aromatic carbocycles. The van der Waals surface area contributed by atoms with E-state index in [1.807, 2.05) is 27.7 Å². The zero-order valence-electron chi connectivity index (χ0n) is 16.0. The van der Waals surface area contributed by atoms with Crippen LogP contribution in [0, 0.1) is 11.8 Å². The first-order valence-corrected chi connectivity index (χ1v) is 8.74. The fourth-order valence-electron chi connectivity index (χ4n) is 3.12. The van der Waals surface area contributed by atoms with Crippen LogP contribution in [0.5, 0.6) is 0 Å². The normalized spacial score (nSPS) is 20.5. The van der Waals surface area contributed by atoms with Gasteiger partial charge in [-0.1, -0.05) is 13.8 Å². The van der Waals surface area contributed by atoms with E-state index in [1.54, 1.807) is 0 Å². The largest absolute Gasteiger partial charge is 0.436 e. The molecule has 1 rings (SSSR count). The minimum Gasteiger partial charge on any atom is -0.436 e. The van der Waals surface area contributed by atoms with Gasteiger partial charge in [0.05, 0.1) is 6.04 Å². The molecule has 3 unspecified atom stereocenters. The summed E-state index contributed by atoms with van der Waals surface area (Å²) in [7, 11) is 0. The molecule has 0 aromatic heterocycles. The van der Waals surface area contributed by atoms with Gasteiger partial charge in [-0.3, -0.25) is 19.2 Å². The van der Waals surface area contributed by atoms with Gasteiger partial charge in [0.1, 0.15) is 0 Å². The van der Waals surface area contributed by atoms with Gasteiger partial charge < -0.3 is 26.8 Å². The van der Waals surface area contributed by atoms with Crippen molar-refractivity contribution >= 4 is 29.6 Å². The highest BCUT2D eigenvalue weighted by Gasteiger charge is 2.41. The topological polar surface area (TPSA) is 171 Å². The van der Waals surface area contributed by atoms with Crippen molar-refractivity contribution in [2.45, 2.75) is 64.6 Å². The molecule has 10 heteroatoms. The number of nitrogens with one attached hydrogen (secondary N) is 2. The quantitative estimate of drug-likeness (QED) is 0.384. The van der Waals surface area contributed by atoms with Crippen LogP contribution in [-0.4, -0.2) is 47.3 Å². The molecule has 152 valence electrons. The highest BCUT2D eigenvalue weighted by molar-refractivity contribution is 6.37. The number of ether oxygens (including phenoxy) is 1. The van der Waals surface area contributed by atoms with Crippen molar-refractivity contribution in [3.63, 3.8) is 0 Å². The number of hydrogen-bond acceptors (Lipinski definition) is 6. The lowest BCUT2D eigenvalue weighted by molar-refractivity contribution is -0.140. The zero-order valence-corrected chi connectivity index (χ0v) is 16.0. The molecular weight excluding hydrogens is 356 g/mol. The SMILES string of the molecule is CC(C)CC(OC(N)=O)C(=O)NC(CC1CC(C)(C)NC1=O)C(=O)C(N)=O. The number of rotatable bonds is 9. The van der Waals surface area contributed by atoms with Crippen LogP contribution >= 0.6 is 0 Å². The lowest BCUT2D eigenvalue weighted by Gasteiger charge is -2.23. The maximum Gasteiger partial charge on any atom is 0.405 e. The Hall–Kier alpha value is -2.65. The Morgan fingerprint density at radius 3 is 2.26 bits per heavy atom. The molecule has 3 atom stereocenters. The average molecular weight is 384 g/mol. The second-order valence-corrected chi connectivity index (χ2v) is 7.85. The molecular formula is C17H28N4O6. The molecule has 1 fully saturated rings. The van der Waals surface area contributed by atoms with Gasteiger partial charge >= 0.3 is 6.09 Å². The van der Waals surface area contributed by atoms with Crippen molar-refractivity contribution < 1.29 is 28.7 Å². The summed E-state index contributed by atoms with van der Waals surface area (Å²) in [4.78, 5) is 59.1. The summed E-state index contributed by atoms with van der Waals surface area (Å²) in [6.45, 7) is 7.27. The minimum atomic E-state index is -1.30. The summed E-state index contributed by atoms with van der Waals surface area (Å²) >= 11 is 0. The minimum absolute atomic E-state index is 0.00759. The molecule has 1 aliphatic heterocycles. The molecule has 6 N–H and O–H groups in total. The highest BCUT2D eigenvalue weighted by Crippen LogP contribution is 2.28. The number of amides is 4. The number of nitrogens with two attached hydrogens (primary N) is 2. The highest BCUT2D eigenvalue weighted by atomic mass is 16.6. The second kappa shape index (κ2) is 8.83. The fraction of sp³-hybridized carbons (Fsp3) is 0.706. The smallest absolute Gasteiger partial charge is 0.405 e. The molecule has 27 heavy (non-hydrogen) atoms. The van der Waals surface area contributed by atoms with Gasteiger partial charge in [0.25, 0.3) is 11.8 Å². The number of carbonyl (C=O) groups is 5. The van der Waals surface area contributed by atoms with Gasteiger partial charge in [-0.05, 0) is 39.0 Å². The van der Waals surface area contributed by atoms with Crippen LogP contribution < -0.4 is 22.1 Å². The number of carbonyl (C=O) groups excluding carboxylic acids is 5. The van der Waals surface area contributed by atoms with Crippen LogP contribution in [0.2, 0.25) is 0 Å². The zero-order chi connectivity index (χ0) is 20.9. The Bertz CT molecular complexity index is 631. The summed E-state index contributed by atoms with van der Waals surface area (Å²) in [5.41, 5.74) is 9.60. The summed E-state index contributed by atoms with van der Waals surface area (Å²) in [6.07, 6.45) is -1.85. The molecule has 1 heterocycles. The molecule has 0 saturated carbocycles. The van der Waals surface area contributed by atoms with Gasteiger partial charge in [0.2, 0.25) is 11.7 Å². The van der Waals surface area contributed by atoms with Gasteiger partial charge in [0.15, 0.2) is 6.10 Å². The predicted octanol–water partition coefficient (Wildman–Crippen LogP) is -0.660. The van der Waals surface area contributed by atoms with E-state index in [0.717, 1.165) is 0 Å². The second-order valence-electron chi connectivity index (χ2n) is 7.85. The predicted molar refractivity (Wildman–Crippen MR) is 95.0 cm³/mol. The summed E-state index contributed by atoms with van der Waals surface area (Å²) in [5, 5.41) is 5.16. The van der Waals surface area contributed by atoms with Crippen LogP contribution in [-0.2, 0) is 23.9 Å². The number of primary amides is 2. The van der Waals surface area contributed by atoms with Crippen molar-refractivity contribution in [1.29, 1.82) is 0 Å². The Morgan fingerprint density at radius 1 is 1.26 bits per heavy atom. The maximum atomic E-state index is 12.5. The lowest BCUT2D eigenvalue weighted by Crippen LogP contribution is -2.51. The third-order valence-electron chi connectivity index (χ3n) is 4.22. The van der Waals surface area contributed by atoms with Gasteiger partial charge in [-0.2, -0.15) is 0 Å². The first kappa shape index (κ1) is 22.4. The fourth-order valence-corrected chi connectivity index (χ4v) is 3.12. The van der Waals surface area contributed by atoms with E-state index in [2.05, 4.69) is 10.6 Å². The molecule has 10 nitrogen and oxygen atoms in total. The van der Waals surface area contributed by atoms with Crippen molar-refractivity contribution in [2.75, 3.05) is 0 Å². The van der Waals surface area contributed by atoms with Crippen molar-refractivity contribution in [1.82, 2.24) is 10.6 Å². The van der Waals surface area contributed by atoms with E-state index in [4.69, 9.17) is 16.2 Å². The van der Waals surface area contributed by atoms with Crippen LogP contribution in [0.4, 0.5) is 4.79 Å². The monoisotopic (exact) mass is 384 g/mol. The molecule has 0 aromatic rings. The van der Waals surface area contributed by atoms with Gasteiger partial charge in [-0.15, -0.1) is 0 Å². The molecule has 1 aliphatic rings. The van der Waals surface area contributed by atoms with Crippen molar-refractivity contribution in [3.8, 4) is 0 Å². The van der Waals surface area contributed by atoms with E-state index in [-0.39, 0.29) is 24.7 Å². The molecule has 0 radical (unpaired) electrons. The maximum absolute atomic E-state index is 12.5. The van der Waals surface area contributed by atoms with E-state index < -0.39 is 47.3 Å². The van der Waals surface area contributed by atoms with Crippen LogP contribution in [0.25, 0.3) is 0 Å². The average Bonchev–Trinajstić information content (AvgIpc) is 2.76. The first-order chi connectivity index (χ1) is 12.3. The first-order valence-electron chi connectivity index (χ1n) is 8.74. The Morgan fingerprint density at radius 2 is 1.85 bits per heavy atom. The van der Waals surface area contributed by atoms with E-state index in [0.29, 0.717) is 6.42 Å². The molecule has 0 spiro atoms. The summed E-state index contributed by atoms with van der Waals surface area (Å²) in [6, 6.07) is -1.30. The Labute approximate surface area is 157 Å². The number of Topliss-reactive ketones (excluding diaryl/α,β-unsaturated/α-hetero) is 1. The van der Waals surface area contributed by atoms with Gasteiger partial charge in [0, 0.05) is 11.5 Å². The van der Waals surface area contributed by atoms with Crippen LogP contribution in [0.1, 0.15) is 47.0 Å². The van der Waals surface area contributed by atoms with E-state index >= 15 is 0 Å². The number of hydrogen-bond donors (Lipinski definition) is 4. The van der Waals surface area contributed by atoms with E-state index in [9.17, 15) is 24.0 Å². The third-order valence-corrected chi connectivity index (χ3v) is 4.22. The standard InChI is InChI=1S/C17H28N4O6/c1-8(2)5-11(27-16(19)26)15(25)20-10(12(22)13(18)23)6-9-7-17(3,4)21-14(9)24/h8-11H,5-7H2,1-4H3,(H2,18,23)(H2,19,26)(H,20,25)(H,21,24). The van der Waals surface area contributed by atoms with Gasteiger partial charge in [-0.25, -0.2) is 4.79 Å². The van der Waals surface area contributed by atoms with Crippen molar-refractivity contribution in [2.24, 2.45) is 23.3 Å². The third kappa shape index (κ3) is 6.87. The van der Waals surface area contributed by atoms with Crippen LogP contribution in [0.15, 0.2) is 0 Å².